The van der Waals surface area contributed by atoms with Crippen LogP contribution in [-0.2, 0) is 14.8 Å². The monoisotopic (exact) mass is 419 g/mol. The van der Waals surface area contributed by atoms with E-state index < -0.39 is 21.3 Å². The molecule has 1 aliphatic carbocycles. The minimum atomic E-state index is -3.94. The minimum absolute atomic E-state index is 0.113. The predicted molar refractivity (Wildman–Crippen MR) is 119 cm³/mol. The summed E-state index contributed by atoms with van der Waals surface area (Å²) in [5.41, 5.74) is 4.04. The molecule has 1 spiro atoms. The number of aryl methyl sites for hydroxylation is 1. The van der Waals surface area contributed by atoms with Crippen LogP contribution in [-0.4, -0.2) is 25.2 Å². The van der Waals surface area contributed by atoms with Crippen molar-refractivity contribution in [2.75, 3.05) is 6.54 Å². The summed E-state index contributed by atoms with van der Waals surface area (Å²) in [4.78, 5) is 13.6. The second-order valence-corrected chi connectivity index (χ2v) is 10.1. The molecule has 2 aromatic rings. The van der Waals surface area contributed by atoms with Gasteiger partial charge in [-0.3, -0.25) is 4.79 Å². The molecule has 4 nitrogen and oxygen atoms in total. The molecule has 0 radical (unpaired) electrons. The molecule has 154 valence electrons. The fourth-order valence-corrected chi connectivity index (χ4v) is 5.56. The average molecular weight is 420 g/mol. The Morgan fingerprint density at radius 3 is 2.27 bits per heavy atom. The lowest BCUT2D eigenvalue weighted by molar-refractivity contribution is -0.120. The second kappa shape index (κ2) is 7.40. The third kappa shape index (κ3) is 3.43. The van der Waals surface area contributed by atoms with Crippen molar-refractivity contribution in [3.63, 3.8) is 0 Å². The van der Waals surface area contributed by atoms with Crippen LogP contribution in [0.25, 0.3) is 6.08 Å². The molecule has 1 atom stereocenters. The summed E-state index contributed by atoms with van der Waals surface area (Å²) >= 11 is 0. The summed E-state index contributed by atoms with van der Waals surface area (Å²) in [6, 6.07) is 16.2. The molecule has 1 aliphatic heterocycles. The number of hydrogen-bond donors (Lipinski definition) is 0. The molecule has 2 aromatic carbocycles. The zero-order valence-corrected chi connectivity index (χ0v) is 18.2. The van der Waals surface area contributed by atoms with Crippen molar-refractivity contribution in [1.82, 2.24) is 4.31 Å². The van der Waals surface area contributed by atoms with Gasteiger partial charge < -0.3 is 0 Å². The summed E-state index contributed by atoms with van der Waals surface area (Å²) in [6.45, 7) is 6.10. The smallest absolute Gasteiger partial charge is 0.266 e. The molecule has 5 heteroatoms. The minimum Gasteiger partial charge on any atom is -0.268 e. The van der Waals surface area contributed by atoms with Crippen LogP contribution >= 0.6 is 0 Å². The van der Waals surface area contributed by atoms with Crippen LogP contribution in [0.3, 0.4) is 0 Å². The average Bonchev–Trinajstić information content (AvgIpc) is 2.99. The summed E-state index contributed by atoms with van der Waals surface area (Å²) in [7, 11) is -3.94. The molecule has 0 N–H and O–H groups in total. The van der Waals surface area contributed by atoms with Gasteiger partial charge in [0.25, 0.3) is 15.9 Å². The van der Waals surface area contributed by atoms with E-state index in [9.17, 15) is 13.2 Å². The summed E-state index contributed by atoms with van der Waals surface area (Å²) in [5.74, 6) is -0.448. The van der Waals surface area contributed by atoms with Gasteiger partial charge in [-0.15, -0.1) is 0 Å². The van der Waals surface area contributed by atoms with Crippen molar-refractivity contribution in [2.45, 2.75) is 32.1 Å². The highest BCUT2D eigenvalue weighted by Gasteiger charge is 2.51. The van der Waals surface area contributed by atoms with Gasteiger partial charge in [0.2, 0.25) is 0 Å². The lowest BCUT2D eigenvalue weighted by Gasteiger charge is -2.30. The molecule has 2 aliphatic rings. The van der Waals surface area contributed by atoms with E-state index in [1.807, 2.05) is 69.3 Å². The number of carbonyl (C=O) groups is 1. The van der Waals surface area contributed by atoms with Crippen LogP contribution in [0.2, 0.25) is 0 Å². The normalized spacial score (nSPS) is 23.1. The molecule has 1 saturated heterocycles. The van der Waals surface area contributed by atoms with E-state index in [-0.39, 0.29) is 11.4 Å². The Kier molecular flexibility index (Phi) is 5.02. The third-order valence-electron chi connectivity index (χ3n) is 6.04. The Labute approximate surface area is 178 Å². The number of amides is 1. The van der Waals surface area contributed by atoms with Crippen LogP contribution in [0.15, 0.2) is 88.4 Å². The molecule has 0 bridgehead atoms. The Balaban J connectivity index is 1.83. The highest BCUT2D eigenvalue weighted by Crippen LogP contribution is 2.48. The highest BCUT2D eigenvalue weighted by atomic mass is 32.2. The van der Waals surface area contributed by atoms with Crippen molar-refractivity contribution >= 4 is 22.0 Å². The molecular weight excluding hydrogens is 394 g/mol. The van der Waals surface area contributed by atoms with Crippen molar-refractivity contribution in [3.05, 3.63) is 94.6 Å². The van der Waals surface area contributed by atoms with Gasteiger partial charge in [0.1, 0.15) is 0 Å². The zero-order chi connectivity index (χ0) is 21.5. The van der Waals surface area contributed by atoms with E-state index in [1.165, 1.54) is 5.57 Å². The first-order valence-electron chi connectivity index (χ1n) is 9.99. The van der Waals surface area contributed by atoms with Gasteiger partial charge in [0, 0.05) is 11.0 Å². The topological polar surface area (TPSA) is 54.5 Å². The standard InChI is InChI=1S/C25H25NO3S/c1-18-9-11-22(12-10-18)30(28,29)26-17-25(14-13-19(2)20(3)16-25)23(24(26)27)15-21-7-5-4-6-8-21/h4-15H,16-17H2,1-3H3/b23-15+. The lowest BCUT2D eigenvalue weighted by atomic mass is 9.73. The number of allylic oxidation sites excluding steroid dienone is 3. The Morgan fingerprint density at radius 2 is 1.63 bits per heavy atom. The quantitative estimate of drug-likeness (QED) is 0.666. The molecule has 0 saturated carbocycles. The molecule has 1 amide bonds. The second-order valence-electron chi connectivity index (χ2n) is 8.23. The van der Waals surface area contributed by atoms with Crippen molar-refractivity contribution in [3.8, 4) is 0 Å². The van der Waals surface area contributed by atoms with E-state index in [0.29, 0.717) is 12.0 Å². The molecule has 4 rings (SSSR count). The summed E-state index contributed by atoms with van der Waals surface area (Å²) in [6.07, 6.45) is 6.48. The third-order valence-corrected chi connectivity index (χ3v) is 7.79. The first-order chi connectivity index (χ1) is 14.2. The Morgan fingerprint density at radius 1 is 0.967 bits per heavy atom. The predicted octanol–water partition coefficient (Wildman–Crippen LogP) is 4.89. The maximum atomic E-state index is 13.5. The first-order valence-corrected chi connectivity index (χ1v) is 11.4. The largest absolute Gasteiger partial charge is 0.268 e. The van der Waals surface area contributed by atoms with Gasteiger partial charge in [-0.25, -0.2) is 12.7 Å². The number of hydrogen-bond acceptors (Lipinski definition) is 3. The number of carbonyl (C=O) groups excluding carboxylic acids is 1. The van der Waals surface area contributed by atoms with Crippen LogP contribution in [0.5, 0.6) is 0 Å². The molecule has 0 aromatic heterocycles. The Hall–Kier alpha value is -2.92. The first kappa shape index (κ1) is 20.4. The van der Waals surface area contributed by atoms with Gasteiger partial charge in [-0.2, -0.15) is 0 Å². The maximum Gasteiger partial charge on any atom is 0.266 e. The Bertz CT molecular complexity index is 1190. The molecule has 1 fully saturated rings. The SMILES string of the molecule is CC1=C(C)CC2(C=C1)CN(S(=O)(=O)c1ccc(C)cc1)C(=O)/C2=C\c1ccccc1. The maximum absolute atomic E-state index is 13.5. The van der Waals surface area contributed by atoms with Gasteiger partial charge in [-0.05, 0) is 51.0 Å². The van der Waals surface area contributed by atoms with Crippen LogP contribution in [0.4, 0.5) is 0 Å². The lowest BCUT2D eigenvalue weighted by Crippen LogP contribution is -2.34. The van der Waals surface area contributed by atoms with E-state index in [4.69, 9.17) is 0 Å². The molecule has 1 heterocycles. The van der Waals surface area contributed by atoms with Crippen molar-refractivity contribution in [1.29, 1.82) is 0 Å². The van der Waals surface area contributed by atoms with Crippen LogP contribution in [0, 0.1) is 12.3 Å². The van der Waals surface area contributed by atoms with Gasteiger partial charge in [0.15, 0.2) is 0 Å². The number of benzene rings is 2. The molecule has 1 unspecified atom stereocenters. The van der Waals surface area contributed by atoms with Crippen molar-refractivity contribution in [2.24, 2.45) is 5.41 Å². The fourth-order valence-electron chi connectivity index (χ4n) is 4.11. The van der Waals surface area contributed by atoms with E-state index in [1.54, 1.807) is 24.3 Å². The molecular formula is C25H25NO3S. The highest BCUT2D eigenvalue weighted by molar-refractivity contribution is 7.89. The molecule has 30 heavy (non-hydrogen) atoms. The zero-order valence-electron chi connectivity index (χ0n) is 17.4. The van der Waals surface area contributed by atoms with Crippen LogP contribution < -0.4 is 0 Å². The van der Waals surface area contributed by atoms with Crippen LogP contribution in [0.1, 0.15) is 31.4 Å². The summed E-state index contributed by atoms with van der Waals surface area (Å²) in [5, 5.41) is 0. The van der Waals surface area contributed by atoms with Gasteiger partial charge in [-0.1, -0.05) is 71.3 Å². The number of nitrogens with zero attached hydrogens (tertiary/aromatic N) is 1. The van der Waals surface area contributed by atoms with Gasteiger partial charge >= 0.3 is 0 Å². The van der Waals surface area contributed by atoms with Gasteiger partial charge in [0.05, 0.1) is 11.4 Å². The fraction of sp³-hybridized carbons (Fsp3) is 0.240. The van der Waals surface area contributed by atoms with Crippen molar-refractivity contribution < 1.29 is 13.2 Å². The number of rotatable bonds is 3. The van der Waals surface area contributed by atoms with E-state index in [2.05, 4.69) is 0 Å². The van der Waals surface area contributed by atoms with E-state index >= 15 is 0 Å². The summed E-state index contributed by atoms with van der Waals surface area (Å²) < 4.78 is 27.8. The number of sulfonamides is 1. The van der Waals surface area contributed by atoms with E-state index in [0.717, 1.165) is 21.0 Å².